The molecule has 0 aromatic heterocycles. The zero-order valence-electron chi connectivity index (χ0n) is 22.3. The van der Waals surface area contributed by atoms with Crippen molar-refractivity contribution in [3.63, 3.8) is 0 Å². The lowest BCUT2D eigenvalue weighted by Gasteiger charge is -2.48. The summed E-state index contributed by atoms with van der Waals surface area (Å²) in [7, 11) is 0. The number of rotatable bonds is 9. The van der Waals surface area contributed by atoms with Gasteiger partial charge in [0.15, 0.2) is 25.2 Å². The third kappa shape index (κ3) is 6.60. The van der Waals surface area contributed by atoms with Crippen molar-refractivity contribution >= 4 is 0 Å². The molecule has 4 saturated heterocycles. The number of aliphatic hydroxyl groups excluding tert-OH is 12. The van der Waals surface area contributed by atoms with Gasteiger partial charge in [0.25, 0.3) is 0 Å². The highest BCUT2D eigenvalue weighted by atomic mass is 16.8. The van der Waals surface area contributed by atoms with Gasteiger partial charge in [-0.05, 0) is 6.92 Å². The van der Waals surface area contributed by atoms with Crippen LogP contribution in [0.5, 0.6) is 0 Å². The van der Waals surface area contributed by atoms with E-state index in [1.54, 1.807) is 0 Å². The highest BCUT2D eigenvalue weighted by Gasteiger charge is 2.55. The highest BCUT2D eigenvalue weighted by Crippen LogP contribution is 2.34. The average Bonchev–Trinajstić information content (AvgIpc) is 3.24. The molecule has 4 rings (SSSR count). The maximum atomic E-state index is 11.1. The molecule has 0 amide bonds. The van der Waals surface area contributed by atoms with Gasteiger partial charge in [-0.25, -0.2) is 0 Å². The van der Waals surface area contributed by atoms with Gasteiger partial charge >= 0.3 is 0 Å². The standard InChI is InChI=1S/C23H40O19/c1-5-9(27)18(41-22-14(32)12(30)10(28)6(2-24)38-22)16(34)23(36-5)40-17-8(4-26)37-20(35)15(33)19(17)42-21-13(31)11(29)7(3-25)39-21/h5-35H,2-4H2,1H3/t5-,6+,7-,8+,9-,10+,11-,12-,13+,14+,15+,16+,17+,18+,19+,20?,21-,22-,23-/m0/s1. The lowest BCUT2D eigenvalue weighted by Crippen LogP contribution is -2.66. The Labute approximate surface area is 238 Å². The molecule has 42 heavy (non-hydrogen) atoms. The second kappa shape index (κ2) is 14.1. The van der Waals surface area contributed by atoms with Crippen molar-refractivity contribution in [2.75, 3.05) is 19.8 Å². The van der Waals surface area contributed by atoms with E-state index < -0.39 is 137 Å². The SMILES string of the molecule is C[C@@H]1O[C@@H](O[C@H]2[C@H](O[C@@H]3O[C@@H](CO)[C@H](O)[C@H]3O)[C@@H](O)C(O)O[C@@H]2CO)[C@H](O)[C@H](O[C@@H]2O[C@H](CO)[C@@H](O)[C@H](O)[C@H]2O)[C@H]1O. The van der Waals surface area contributed by atoms with Crippen LogP contribution in [0, 0.1) is 0 Å². The van der Waals surface area contributed by atoms with E-state index in [0.717, 1.165) is 0 Å². The molecule has 0 radical (unpaired) electrons. The fraction of sp³-hybridized carbons (Fsp3) is 1.00. The van der Waals surface area contributed by atoms with Crippen LogP contribution in [0.25, 0.3) is 0 Å². The first-order valence-corrected chi connectivity index (χ1v) is 13.4. The van der Waals surface area contributed by atoms with Crippen LogP contribution >= 0.6 is 0 Å². The molecular weight excluding hydrogens is 580 g/mol. The van der Waals surface area contributed by atoms with Gasteiger partial charge in [0, 0.05) is 0 Å². The molecule has 0 saturated carbocycles. The Hall–Kier alpha value is -0.760. The predicted molar refractivity (Wildman–Crippen MR) is 126 cm³/mol. The predicted octanol–water partition coefficient (Wildman–Crippen LogP) is -8.08. The zero-order chi connectivity index (χ0) is 31.0. The summed E-state index contributed by atoms with van der Waals surface area (Å²) in [6, 6.07) is 0. The molecular formula is C23H40O19. The summed E-state index contributed by atoms with van der Waals surface area (Å²) >= 11 is 0. The van der Waals surface area contributed by atoms with Gasteiger partial charge in [-0.2, -0.15) is 0 Å². The van der Waals surface area contributed by atoms with Gasteiger partial charge in [0.05, 0.1) is 25.9 Å². The Bertz CT molecular complexity index is 853. The zero-order valence-corrected chi connectivity index (χ0v) is 22.3. The molecule has 4 aliphatic heterocycles. The summed E-state index contributed by atoms with van der Waals surface area (Å²) in [6.07, 6.45) is -31.1. The molecule has 246 valence electrons. The molecule has 1 unspecified atom stereocenters. The second-order valence-corrected chi connectivity index (χ2v) is 10.6. The smallest absolute Gasteiger partial charge is 0.187 e. The van der Waals surface area contributed by atoms with Crippen molar-refractivity contribution in [1.82, 2.24) is 0 Å². The average molecular weight is 621 g/mol. The topological polar surface area (TPSA) is 307 Å². The maximum absolute atomic E-state index is 11.1. The van der Waals surface area contributed by atoms with E-state index in [4.69, 9.17) is 33.2 Å². The second-order valence-electron chi connectivity index (χ2n) is 10.6. The van der Waals surface area contributed by atoms with Crippen LogP contribution in [0.15, 0.2) is 0 Å². The van der Waals surface area contributed by atoms with Crippen LogP contribution in [0.3, 0.4) is 0 Å². The minimum Gasteiger partial charge on any atom is -0.394 e. The Morgan fingerprint density at radius 2 is 0.881 bits per heavy atom. The van der Waals surface area contributed by atoms with E-state index in [-0.39, 0.29) is 0 Å². The lowest BCUT2D eigenvalue weighted by atomic mass is 9.96. The van der Waals surface area contributed by atoms with E-state index in [2.05, 4.69) is 0 Å². The van der Waals surface area contributed by atoms with E-state index in [1.165, 1.54) is 6.92 Å². The Morgan fingerprint density at radius 1 is 0.429 bits per heavy atom. The molecule has 4 fully saturated rings. The van der Waals surface area contributed by atoms with Crippen molar-refractivity contribution in [3.8, 4) is 0 Å². The number of hydrogen-bond donors (Lipinski definition) is 12. The molecule has 12 N–H and O–H groups in total. The normalized spacial score (nSPS) is 53.8. The molecule has 0 aromatic rings. The van der Waals surface area contributed by atoms with Gasteiger partial charge < -0.3 is 94.4 Å². The Kier molecular flexibility index (Phi) is 11.5. The molecule has 19 heteroatoms. The monoisotopic (exact) mass is 620 g/mol. The summed E-state index contributed by atoms with van der Waals surface area (Å²) in [5.41, 5.74) is 0. The van der Waals surface area contributed by atoms with E-state index in [1.807, 2.05) is 0 Å². The van der Waals surface area contributed by atoms with Crippen LogP contribution < -0.4 is 0 Å². The summed E-state index contributed by atoms with van der Waals surface area (Å²) in [5, 5.41) is 122. The van der Waals surface area contributed by atoms with Crippen molar-refractivity contribution in [2.45, 2.75) is 124 Å². The van der Waals surface area contributed by atoms with E-state index in [9.17, 15) is 61.3 Å². The van der Waals surface area contributed by atoms with Crippen LogP contribution in [0.4, 0.5) is 0 Å². The first-order valence-electron chi connectivity index (χ1n) is 13.4. The third-order valence-electron chi connectivity index (χ3n) is 7.82. The summed E-state index contributed by atoms with van der Waals surface area (Å²) < 4.78 is 38.3. The summed E-state index contributed by atoms with van der Waals surface area (Å²) in [4.78, 5) is 0. The Morgan fingerprint density at radius 3 is 1.43 bits per heavy atom. The molecule has 0 bridgehead atoms. The summed E-state index contributed by atoms with van der Waals surface area (Å²) in [6.45, 7) is -0.908. The van der Waals surface area contributed by atoms with Gasteiger partial charge in [-0.15, -0.1) is 0 Å². The maximum Gasteiger partial charge on any atom is 0.187 e. The third-order valence-corrected chi connectivity index (χ3v) is 7.82. The summed E-state index contributed by atoms with van der Waals surface area (Å²) in [5.74, 6) is 0. The quantitative estimate of drug-likeness (QED) is 0.114. The first kappa shape index (κ1) is 34.1. The minimum atomic E-state index is -1.93. The minimum absolute atomic E-state index is 0.686. The van der Waals surface area contributed by atoms with Crippen molar-refractivity contribution in [3.05, 3.63) is 0 Å². The van der Waals surface area contributed by atoms with Crippen molar-refractivity contribution in [2.24, 2.45) is 0 Å². The van der Waals surface area contributed by atoms with Crippen LogP contribution in [0.2, 0.25) is 0 Å². The molecule has 4 aliphatic rings. The molecule has 0 spiro atoms. The molecule has 0 aromatic carbocycles. The van der Waals surface area contributed by atoms with Gasteiger partial charge in [0.1, 0.15) is 85.5 Å². The van der Waals surface area contributed by atoms with Crippen molar-refractivity contribution in [1.29, 1.82) is 0 Å². The highest BCUT2D eigenvalue weighted by molar-refractivity contribution is 4.97. The first-order chi connectivity index (χ1) is 19.8. The van der Waals surface area contributed by atoms with Crippen LogP contribution in [0.1, 0.15) is 6.92 Å². The van der Waals surface area contributed by atoms with E-state index in [0.29, 0.717) is 0 Å². The fourth-order valence-corrected chi connectivity index (χ4v) is 5.27. The lowest BCUT2D eigenvalue weighted by molar-refractivity contribution is -0.383. The van der Waals surface area contributed by atoms with Crippen LogP contribution in [-0.4, -0.2) is 198 Å². The van der Waals surface area contributed by atoms with Gasteiger partial charge in [-0.1, -0.05) is 0 Å². The largest absolute Gasteiger partial charge is 0.394 e. The van der Waals surface area contributed by atoms with Gasteiger partial charge in [0.2, 0.25) is 0 Å². The van der Waals surface area contributed by atoms with Crippen molar-refractivity contribution < 1.29 is 94.4 Å². The number of ether oxygens (including phenoxy) is 7. The number of aliphatic hydroxyl groups is 12. The van der Waals surface area contributed by atoms with Gasteiger partial charge in [-0.3, -0.25) is 0 Å². The van der Waals surface area contributed by atoms with Crippen LogP contribution in [-0.2, 0) is 33.2 Å². The van der Waals surface area contributed by atoms with E-state index >= 15 is 0 Å². The Balaban J connectivity index is 1.53. The molecule has 4 heterocycles. The molecule has 0 aliphatic carbocycles. The fourth-order valence-electron chi connectivity index (χ4n) is 5.27. The molecule has 19 nitrogen and oxygen atoms in total. The number of hydrogen-bond acceptors (Lipinski definition) is 19. The molecule has 19 atom stereocenters.